The van der Waals surface area contributed by atoms with Gasteiger partial charge in [-0.3, -0.25) is 0 Å². The van der Waals surface area contributed by atoms with E-state index in [9.17, 15) is 0 Å². The smallest absolute Gasteiger partial charge is 0.164 e. The molecule has 0 saturated carbocycles. The first-order valence-electron chi connectivity index (χ1n) is 21.8. The number of fused-ring (bicyclic) bond motifs is 9. The standard InChI is InChI=1S/C59H35N5/c1-3-16-37(17-4-1)57-60-58(62-59(61-57)40-30-29-36-15-7-8-18-39(36)35-40)38-31-33-42(34-32-38)64-50-28-14-25-46-44-22-10-9-21-43(44)45-24-13-26-48-51(45)54(52(46)50)56(64)53-47-23-11-12-27-49(47)63(55(48)53)41-19-5-2-6-20-41/h1-35H. The first-order chi connectivity index (χ1) is 31.8. The number of aromatic nitrogens is 5. The maximum Gasteiger partial charge on any atom is 0.164 e. The average Bonchev–Trinajstić information content (AvgIpc) is 3.86. The minimum Gasteiger partial charge on any atom is -0.309 e. The summed E-state index contributed by atoms with van der Waals surface area (Å²) < 4.78 is 4.99. The molecule has 296 valence electrons. The van der Waals surface area contributed by atoms with Crippen molar-refractivity contribution in [3.63, 3.8) is 0 Å². The lowest BCUT2D eigenvalue weighted by molar-refractivity contribution is 1.07. The minimum atomic E-state index is 0.628. The molecule has 14 rings (SSSR count). The van der Waals surface area contributed by atoms with E-state index >= 15 is 0 Å². The zero-order valence-electron chi connectivity index (χ0n) is 34.4. The molecule has 3 heterocycles. The van der Waals surface area contributed by atoms with Gasteiger partial charge >= 0.3 is 0 Å². The van der Waals surface area contributed by atoms with Gasteiger partial charge in [0.2, 0.25) is 0 Å². The van der Waals surface area contributed by atoms with E-state index < -0.39 is 0 Å². The van der Waals surface area contributed by atoms with Gasteiger partial charge in [0.1, 0.15) is 0 Å². The van der Waals surface area contributed by atoms with E-state index in [1.807, 2.05) is 18.2 Å². The Hall–Kier alpha value is -8.67. The van der Waals surface area contributed by atoms with Gasteiger partial charge in [-0.2, -0.15) is 0 Å². The van der Waals surface area contributed by atoms with Gasteiger partial charge in [0.25, 0.3) is 0 Å². The summed E-state index contributed by atoms with van der Waals surface area (Å²) in [6, 6.07) is 76.2. The van der Waals surface area contributed by atoms with Gasteiger partial charge in [-0.05, 0) is 87.6 Å². The van der Waals surface area contributed by atoms with Crippen LogP contribution in [0.2, 0.25) is 0 Å². The van der Waals surface area contributed by atoms with Crippen LogP contribution in [0.1, 0.15) is 0 Å². The topological polar surface area (TPSA) is 48.5 Å². The highest BCUT2D eigenvalue weighted by atomic mass is 15.0. The van der Waals surface area contributed by atoms with Crippen LogP contribution in [0, 0.1) is 0 Å². The zero-order chi connectivity index (χ0) is 41.9. The third-order valence-corrected chi connectivity index (χ3v) is 13.3. The molecular weight excluding hydrogens is 779 g/mol. The predicted octanol–water partition coefficient (Wildman–Crippen LogP) is 15.0. The third-order valence-electron chi connectivity index (χ3n) is 13.3. The molecule has 1 aliphatic carbocycles. The molecule has 0 amide bonds. The van der Waals surface area contributed by atoms with Crippen LogP contribution in [0.4, 0.5) is 0 Å². The number of rotatable bonds is 5. The first-order valence-corrected chi connectivity index (χ1v) is 21.8. The van der Waals surface area contributed by atoms with E-state index in [1.54, 1.807) is 0 Å². The Bertz CT molecular complexity index is 4050. The summed E-state index contributed by atoms with van der Waals surface area (Å²) in [5.74, 6) is 1.91. The second kappa shape index (κ2) is 13.4. The highest BCUT2D eigenvalue weighted by Gasteiger charge is 2.29. The van der Waals surface area contributed by atoms with Gasteiger partial charge in [0.05, 0.1) is 22.1 Å². The summed E-state index contributed by atoms with van der Waals surface area (Å²) in [4.78, 5) is 15.3. The van der Waals surface area contributed by atoms with Gasteiger partial charge in [-0.25, -0.2) is 15.0 Å². The Morgan fingerprint density at radius 3 is 1.56 bits per heavy atom. The van der Waals surface area contributed by atoms with Crippen LogP contribution in [0.25, 0.3) is 133 Å². The molecule has 0 spiro atoms. The highest BCUT2D eigenvalue weighted by Crippen LogP contribution is 2.53. The first kappa shape index (κ1) is 35.0. The number of hydrogen-bond donors (Lipinski definition) is 0. The summed E-state index contributed by atoms with van der Waals surface area (Å²) in [7, 11) is 0. The fourth-order valence-corrected chi connectivity index (χ4v) is 10.5. The maximum atomic E-state index is 5.16. The normalized spacial score (nSPS) is 12.1. The fourth-order valence-electron chi connectivity index (χ4n) is 10.5. The van der Waals surface area contributed by atoms with Crippen molar-refractivity contribution in [2.45, 2.75) is 0 Å². The predicted molar refractivity (Wildman–Crippen MR) is 264 cm³/mol. The fraction of sp³-hybridized carbons (Fsp3) is 0. The largest absolute Gasteiger partial charge is 0.309 e. The molecule has 0 radical (unpaired) electrons. The Kier molecular flexibility index (Phi) is 7.33. The summed E-state index contributed by atoms with van der Waals surface area (Å²) in [6.07, 6.45) is 0. The summed E-state index contributed by atoms with van der Waals surface area (Å²) in [5, 5.41) is 9.86. The van der Waals surface area contributed by atoms with Crippen LogP contribution in [0.15, 0.2) is 212 Å². The number of hydrogen-bond acceptors (Lipinski definition) is 3. The van der Waals surface area contributed by atoms with Crippen LogP contribution < -0.4 is 0 Å². The molecule has 0 bridgehead atoms. The molecule has 64 heavy (non-hydrogen) atoms. The van der Waals surface area contributed by atoms with Crippen molar-refractivity contribution >= 4 is 65.2 Å². The summed E-state index contributed by atoms with van der Waals surface area (Å²) in [6.45, 7) is 0. The Morgan fingerprint density at radius 2 is 0.797 bits per heavy atom. The quantitative estimate of drug-likeness (QED) is 0.174. The zero-order valence-corrected chi connectivity index (χ0v) is 34.4. The summed E-state index contributed by atoms with van der Waals surface area (Å²) >= 11 is 0. The van der Waals surface area contributed by atoms with E-state index in [0.29, 0.717) is 17.5 Å². The van der Waals surface area contributed by atoms with Crippen molar-refractivity contribution in [1.29, 1.82) is 0 Å². The number of benzene rings is 10. The maximum absolute atomic E-state index is 5.16. The number of nitrogens with zero attached hydrogens (tertiary/aromatic N) is 5. The molecule has 0 N–H and O–H groups in total. The second-order valence-electron chi connectivity index (χ2n) is 16.7. The van der Waals surface area contributed by atoms with E-state index in [4.69, 9.17) is 15.0 Å². The van der Waals surface area contributed by atoms with Crippen molar-refractivity contribution in [3.8, 4) is 67.8 Å². The third kappa shape index (κ3) is 4.98. The second-order valence-corrected chi connectivity index (χ2v) is 16.7. The SMILES string of the molecule is c1ccc(-c2nc(-c3ccc(-n4c5cccc6c5c5c7c(cccc7c7c(c8ccccc8n7-c7ccccc7)c54)-c4ccccc4-6)cc3)nc(-c3ccc4ccccc4c3)n2)cc1. The van der Waals surface area contributed by atoms with E-state index in [2.05, 4.69) is 203 Å². The summed E-state index contributed by atoms with van der Waals surface area (Å²) in [5.41, 5.74) is 14.8. The molecule has 5 heteroatoms. The lowest BCUT2D eigenvalue weighted by Gasteiger charge is -2.16. The minimum absolute atomic E-state index is 0.628. The molecule has 5 nitrogen and oxygen atoms in total. The van der Waals surface area contributed by atoms with Crippen molar-refractivity contribution in [2.24, 2.45) is 0 Å². The van der Waals surface area contributed by atoms with Gasteiger partial charge in [0.15, 0.2) is 17.5 Å². The van der Waals surface area contributed by atoms with Crippen molar-refractivity contribution < 1.29 is 0 Å². The molecule has 13 aromatic rings. The van der Waals surface area contributed by atoms with E-state index in [-0.39, 0.29) is 0 Å². The number of para-hydroxylation sites is 2. The molecular formula is C59H35N5. The molecule has 0 atom stereocenters. The molecule has 3 aromatic heterocycles. The highest BCUT2D eigenvalue weighted by molar-refractivity contribution is 6.41. The lowest BCUT2D eigenvalue weighted by atomic mass is 9.92. The van der Waals surface area contributed by atoms with Crippen molar-refractivity contribution in [1.82, 2.24) is 24.1 Å². The van der Waals surface area contributed by atoms with E-state index in [0.717, 1.165) is 33.5 Å². The Morgan fingerprint density at radius 1 is 0.281 bits per heavy atom. The van der Waals surface area contributed by atoms with Crippen LogP contribution in [0.3, 0.4) is 0 Å². The molecule has 0 fully saturated rings. The molecule has 0 saturated heterocycles. The monoisotopic (exact) mass is 813 g/mol. The van der Waals surface area contributed by atoms with Gasteiger partial charge in [0, 0.05) is 60.4 Å². The lowest BCUT2D eigenvalue weighted by Crippen LogP contribution is -2.01. The molecule has 1 aliphatic rings. The Balaban J connectivity index is 1.06. The van der Waals surface area contributed by atoms with Crippen LogP contribution in [0.5, 0.6) is 0 Å². The Labute approximate surface area is 367 Å². The molecule has 0 unspecified atom stereocenters. The van der Waals surface area contributed by atoms with Gasteiger partial charge in [-0.15, -0.1) is 0 Å². The van der Waals surface area contributed by atoms with Crippen LogP contribution in [-0.4, -0.2) is 24.1 Å². The molecule has 10 aromatic carbocycles. The molecule has 0 aliphatic heterocycles. The van der Waals surface area contributed by atoms with Crippen LogP contribution in [-0.2, 0) is 0 Å². The van der Waals surface area contributed by atoms with Gasteiger partial charge in [-0.1, -0.05) is 158 Å². The van der Waals surface area contributed by atoms with E-state index in [1.165, 1.54) is 82.0 Å². The van der Waals surface area contributed by atoms with Crippen LogP contribution >= 0.6 is 0 Å². The van der Waals surface area contributed by atoms with Crippen molar-refractivity contribution in [2.75, 3.05) is 0 Å². The average molecular weight is 814 g/mol. The van der Waals surface area contributed by atoms with Gasteiger partial charge < -0.3 is 9.13 Å². The van der Waals surface area contributed by atoms with Crippen molar-refractivity contribution in [3.05, 3.63) is 212 Å².